The van der Waals surface area contributed by atoms with Crippen LogP contribution in [0.2, 0.25) is 5.02 Å². The molecule has 2 aromatic heterocycles. The van der Waals surface area contributed by atoms with Gasteiger partial charge in [0.05, 0.1) is 5.02 Å². The maximum absolute atomic E-state index is 5.80. The van der Waals surface area contributed by atoms with E-state index in [-0.39, 0.29) is 0 Å². The minimum Gasteiger partial charge on any atom is -0.339 e. The molecule has 0 aliphatic heterocycles. The van der Waals surface area contributed by atoms with Gasteiger partial charge in [0.2, 0.25) is 11.7 Å². The summed E-state index contributed by atoms with van der Waals surface area (Å²) < 4.78 is 5.27. The van der Waals surface area contributed by atoms with Gasteiger partial charge in [-0.2, -0.15) is 4.98 Å². The Kier molecular flexibility index (Phi) is 5.09. The van der Waals surface area contributed by atoms with Crippen molar-refractivity contribution >= 4 is 11.6 Å². The summed E-state index contributed by atoms with van der Waals surface area (Å²) in [4.78, 5) is 8.53. The van der Waals surface area contributed by atoms with E-state index in [0.29, 0.717) is 47.2 Å². The maximum Gasteiger partial charge on any atom is 0.227 e. The molecule has 1 atom stereocenters. The van der Waals surface area contributed by atoms with Gasteiger partial charge in [-0.05, 0) is 36.9 Å². The Labute approximate surface area is 123 Å². The molecule has 0 aliphatic rings. The molecule has 0 bridgehead atoms. The Morgan fingerprint density at radius 2 is 2.15 bits per heavy atom. The van der Waals surface area contributed by atoms with E-state index in [4.69, 9.17) is 21.9 Å². The topological polar surface area (TPSA) is 77.8 Å². The minimum atomic E-state index is 0.362. The Bertz CT molecular complexity index is 538. The summed E-state index contributed by atoms with van der Waals surface area (Å²) in [7, 11) is 0. The molecular formula is C14H19ClN4O. The third-order valence-electron chi connectivity index (χ3n) is 3.03. The molecule has 1 unspecified atom stereocenters. The van der Waals surface area contributed by atoms with Crippen LogP contribution in [0.1, 0.15) is 26.2 Å². The maximum atomic E-state index is 5.80. The minimum absolute atomic E-state index is 0.362. The third kappa shape index (κ3) is 4.02. The van der Waals surface area contributed by atoms with Crippen molar-refractivity contribution in [2.45, 2.75) is 26.7 Å². The first-order chi connectivity index (χ1) is 9.58. The van der Waals surface area contributed by atoms with Crippen LogP contribution in [-0.2, 0) is 6.42 Å². The van der Waals surface area contributed by atoms with Gasteiger partial charge >= 0.3 is 0 Å². The predicted octanol–water partition coefficient (Wildman–Crippen LogP) is 2.95. The molecule has 5 nitrogen and oxygen atoms in total. The molecule has 0 aliphatic carbocycles. The van der Waals surface area contributed by atoms with Gasteiger partial charge in [0.15, 0.2) is 0 Å². The number of aromatic nitrogens is 3. The lowest BCUT2D eigenvalue weighted by Gasteiger charge is -2.14. The fourth-order valence-corrected chi connectivity index (χ4v) is 2.24. The van der Waals surface area contributed by atoms with Crippen molar-refractivity contribution in [1.29, 1.82) is 0 Å². The number of hydrogen-bond donors (Lipinski definition) is 1. The summed E-state index contributed by atoms with van der Waals surface area (Å²) in [5, 5.41) is 4.53. The van der Waals surface area contributed by atoms with Crippen LogP contribution >= 0.6 is 11.6 Å². The zero-order valence-corrected chi connectivity index (χ0v) is 12.5. The highest BCUT2D eigenvalue weighted by Gasteiger charge is 2.16. The third-order valence-corrected chi connectivity index (χ3v) is 3.25. The predicted molar refractivity (Wildman–Crippen MR) is 78.2 cm³/mol. The Morgan fingerprint density at radius 1 is 1.35 bits per heavy atom. The Hall–Kier alpha value is -1.46. The molecule has 0 fully saturated rings. The van der Waals surface area contributed by atoms with Crippen molar-refractivity contribution in [3.05, 3.63) is 29.2 Å². The molecule has 0 saturated heterocycles. The summed E-state index contributed by atoms with van der Waals surface area (Å²) in [5.41, 5.74) is 6.44. The van der Waals surface area contributed by atoms with Gasteiger partial charge in [-0.1, -0.05) is 30.6 Å². The van der Waals surface area contributed by atoms with Gasteiger partial charge < -0.3 is 10.3 Å². The van der Waals surface area contributed by atoms with E-state index >= 15 is 0 Å². The first kappa shape index (κ1) is 14.9. The van der Waals surface area contributed by atoms with Crippen LogP contribution < -0.4 is 5.73 Å². The number of pyridine rings is 1. The van der Waals surface area contributed by atoms with E-state index in [1.807, 2.05) is 0 Å². The summed E-state index contributed by atoms with van der Waals surface area (Å²) in [6.07, 6.45) is 3.32. The summed E-state index contributed by atoms with van der Waals surface area (Å²) in [6, 6.07) is 3.52. The molecule has 0 radical (unpaired) electrons. The molecule has 2 N–H and O–H groups in total. The van der Waals surface area contributed by atoms with Crippen LogP contribution in [0.4, 0.5) is 0 Å². The van der Waals surface area contributed by atoms with Crippen LogP contribution in [0.25, 0.3) is 11.5 Å². The summed E-state index contributed by atoms with van der Waals surface area (Å²) in [5.74, 6) is 2.05. The van der Waals surface area contributed by atoms with Crippen LogP contribution in [0.3, 0.4) is 0 Å². The largest absolute Gasteiger partial charge is 0.339 e. The van der Waals surface area contributed by atoms with Crippen LogP contribution in [0.5, 0.6) is 0 Å². The van der Waals surface area contributed by atoms with Crippen LogP contribution in [-0.4, -0.2) is 21.7 Å². The highest BCUT2D eigenvalue weighted by Crippen LogP contribution is 2.19. The zero-order chi connectivity index (χ0) is 14.5. The van der Waals surface area contributed by atoms with E-state index in [2.05, 4.69) is 29.0 Å². The van der Waals surface area contributed by atoms with Gasteiger partial charge in [-0.15, -0.1) is 0 Å². The normalized spacial score (nSPS) is 12.8. The molecular weight excluding hydrogens is 276 g/mol. The van der Waals surface area contributed by atoms with Crippen molar-refractivity contribution in [2.24, 2.45) is 17.6 Å². The molecule has 20 heavy (non-hydrogen) atoms. The van der Waals surface area contributed by atoms with Crippen LogP contribution in [0.15, 0.2) is 22.9 Å². The van der Waals surface area contributed by atoms with Gasteiger partial charge in [0.25, 0.3) is 0 Å². The summed E-state index contributed by atoms with van der Waals surface area (Å²) >= 11 is 5.80. The number of hydrogen-bond acceptors (Lipinski definition) is 5. The molecule has 6 heteroatoms. The monoisotopic (exact) mass is 294 g/mol. The van der Waals surface area contributed by atoms with Crippen molar-refractivity contribution in [3.8, 4) is 11.5 Å². The van der Waals surface area contributed by atoms with E-state index in [1.165, 1.54) is 0 Å². The van der Waals surface area contributed by atoms with E-state index in [9.17, 15) is 0 Å². The van der Waals surface area contributed by atoms with Gasteiger partial charge in [-0.25, -0.2) is 0 Å². The second-order valence-electron chi connectivity index (χ2n) is 5.31. The molecule has 2 heterocycles. The Morgan fingerprint density at radius 3 is 2.75 bits per heavy atom. The molecule has 0 amide bonds. The standard InChI is InChI=1S/C14H19ClN4O/c1-9(2)5-10(7-16)6-13-18-14(19-20-13)12-4-3-11(15)8-17-12/h3-4,8-10H,5-7,16H2,1-2H3. The van der Waals surface area contributed by atoms with E-state index < -0.39 is 0 Å². The van der Waals surface area contributed by atoms with Crippen LogP contribution in [0, 0.1) is 11.8 Å². The zero-order valence-electron chi connectivity index (χ0n) is 11.7. The molecule has 0 aromatic carbocycles. The second-order valence-corrected chi connectivity index (χ2v) is 5.75. The van der Waals surface area contributed by atoms with Crippen molar-refractivity contribution in [1.82, 2.24) is 15.1 Å². The highest BCUT2D eigenvalue weighted by molar-refractivity contribution is 6.30. The van der Waals surface area contributed by atoms with Crippen molar-refractivity contribution in [2.75, 3.05) is 6.54 Å². The number of nitrogens with two attached hydrogens (primary N) is 1. The fraction of sp³-hybridized carbons (Fsp3) is 0.500. The number of halogens is 1. The first-order valence-electron chi connectivity index (χ1n) is 6.73. The summed E-state index contributed by atoms with van der Waals surface area (Å²) in [6.45, 7) is 4.98. The average molecular weight is 295 g/mol. The van der Waals surface area contributed by atoms with E-state index in [0.717, 1.165) is 6.42 Å². The number of nitrogens with zero attached hydrogens (tertiary/aromatic N) is 3. The molecule has 2 rings (SSSR count). The van der Waals surface area contributed by atoms with Gasteiger partial charge in [0.1, 0.15) is 5.69 Å². The smallest absolute Gasteiger partial charge is 0.227 e. The van der Waals surface area contributed by atoms with Crippen molar-refractivity contribution in [3.63, 3.8) is 0 Å². The highest BCUT2D eigenvalue weighted by atomic mass is 35.5. The van der Waals surface area contributed by atoms with Crippen molar-refractivity contribution < 1.29 is 4.52 Å². The lowest BCUT2D eigenvalue weighted by molar-refractivity contribution is 0.332. The molecule has 108 valence electrons. The molecule has 0 spiro atoms. The molecule has 0 saturated carbocycles. The number of rotatable bonds is 6. The second kappa shape index (κ2) is 6.81. The quantitative estimate of drug-likeness (QED) is 0.886. The lowest BCUT2D eigenvalue weighted by atomic mass is 9.94. The Balaban J connectivity index is 2.06. The van der Waals surface area contributed by atoms with E-state index in [1.54, 1.807) is 18.3 Å². The van der Waals surface area contributed by atoms with Gasteiger partial charge in [-0.3, -0.25) is 4.98 Å². The SMILES string of the molecule is CC(C)CC(CN)Cc1nc(-c2ccc(Cl)cn2)no1. The van der Waals surface area contributed by atoms with Gasteiger partial charge in [0, 0.05) is 12.6 Å². The average Bonchev–Trinajstić information content (AvgIpc) is 2.87. The fourth-order valence-electron chi connectivity index (χ4n) is 2.13. The molecule has 2 aromatic rings. The first-order valence-corrected chi connectivity index (χ1v) is 7.11. The lowest BCUT2D eigenvalue weighted by Crippen LogP contribution is -2.19.